The fraction of sp³-hybridized carbons (Fsp3) is 0.176. The van der Waals surface area contributed by atoms with Gasteiger partial charge in [-0.05, 0) is 44.0 Å². The Hall–Kier alpha value is -3.02. The molecule has 2 aromatic heterocycles. The molecule has 0 aliphatic rings. The molecule has 3 aromatic rings. The molecule has 0 saturated carbocycles. The Morgan fingerprint density at radius 2 is 1.96 bits per heavy atom. The van der Waals surface area contributed by atoms with Crippen molar-refractivity contribution < 1.29 is 9.84 Å². The number of aromatic hydroxyl groups is 1. The van der Waals surface area contributed by atoms with Crippen molar-refractivity contribution in [2.75, 3.05) is 0 Å². The van der Waals surface area contributed by atoms with Gasteiger partial charge in [-0.1, -0.05) is 12.1 Å². The van der Waals surface area contributed by atoms with E-state index >= 15 is 0 Å². The van der Waals surface area contributed by atoms with Gasteiger partial charge in [0, 0.05) is 6.07 Å². The topological polar surface area (TPSA) is 80.1 Å². The summed E-state index contributed by atoms with van der Waals surface area (Å²) in [5.74, 6) is 1.03. The normalized spacial score (nSPS) is 10.7. The summed E-state index contributed by atoms with van der Waals surface area (Å²) in [4.78, 5) is 18.6. The number of pyridine rings is 1. The third-order valence-electron chi connectivity index (χ3n) is 3.79. The zero-order valence-corrected chi connectivity index (χ0v) is 13.1. The van der Waals surface area contributed by atoms with E-state index in [0.29, 0.717) is 17.3 Å². The number of ether oxygens (including phenoxy) is 1. The van der Waals surface area contributed by atoms with Gasteiger partial charge in [0.25, 0.3) is 0 Å². The zero-order chi connectivity index (χ0) is 16.6. The van der Waals surface area contributed by atoms with Crippen LogP contribution in [-0.2, 0) is 0 Å². The molecular weight excluding hydrogens is 294 g/mol. The van der Waals surface area contributed by atoms with Gasteiger partial charge >= 0.3 is 5.69 Å². The third kappa shape index (κ3) is 2.70. The van der Waals surface area contributed by atoms with E-state index in [-0.39, 0.29) is 5.88 Å². The molecule has 0 saturated heterocycles. The summed E-state index contributed by atoms with van der Waals surface area (Å²) in [6.45, 7) is 5.63. The van der Waals surface area contributed by atoms with Crippen molar-refractivity contribution in [1.82, 2.24) is 14.5 Å². The van der Waals surface area contributed by atoms with Crippen molar-refractivity contribution in [3.63, 3.8) is 0 Å². The Morgan fingerprint density at radius 1 is 1.17 bits per heavy atom. The highest BCUT2D eigenvalue weighted by molar-refractivity contribution is 5.42. The number of aromatic amines is 1. The molecule has 0 radical (unpaired) electrons. The monoisotopic (exact) mass is 311 g/mol. The van der Waals surface area contributed by atoms with E-state index in [2.05, 4.69) is 9.97 Å². The van der Waals surface area contributed by atoms with Crippen LogP contribution in [0.3, 0.4) is 0 Å². The second kappa shape index (κ2) is 5.64. The highest BCUT2D eigenvalue weighted by atomic mass is 16.5. The smallest absolute Gasteiger partial charge is 0.333 e. The van der Waals surface area contributed by atoms with Gasteiger partial charge in [-0.25, -0.2) is 14.3 Å². The first-order valence-electron chi connectivity index (χ1n) is 7.18. The van der Waals surface area contributed by atoms with Gasteiger partial charge in [0.15, 0.2) is 0 Å². The first-order valence-corrected chi connectivity index (χ1v) is 7.18. The van der Waals surface area contributed by atoms with Gasteiger partial charge in [-0.15, -0.1) is 0 Å². The van der Waals surface area contributed by atoms with Gasteiger partial charge < -0.3 is 14.8 Å². The van der Waals surface area contributed by atoms with Crippen molar-refractivity contribution in [2.45, 2.75) is 20.8 Å². The number of hydrogen-bond acceptors (Lipinski definition) is 4. The molecule has 6 nitrogen and oxygen atoms in total. The fourth-order valence-corrected chi connectivity index (χ4v) is 2.29. The van der Waals surface area contributed by atoms with Crippen molar-refractivity contribution in [3.8, 4) is 23.2 Å². The van der Waals surface area contributed by atoms with E-state index in [4.69, 9.17) is 4.74 Å². The number of nitrogens with zero attached hydrogens (tertiary/aromatic N) is 2. The largest absolute Gasteiger partial charge is 0.493 e. The number of nitrogens with one attached hydrogen (secondary N) is 1. The summed E-state index contributed by atoms with van der Waals surface area (Å²) in [7, 11) is 0. The van der Waals surface area contributed by atoms with Gasteiger partial charge in [-0.2, -0.15) is 0 Å². The van der Waals surface area contributed by atoms with E-state index < -0.39 is 5.69 Å². The lowest BCUT2D eigenvalue weighted by atomic mass is 10.1. The molecule has 0 aliphatic heterocycles. The summed E-state index contributed by atoms with van der Waals surface area (Å²) >= 11 is 0. The van der Waals surface area contributed by atoms with Crippen LogP contribution < -0.4 is 10.4 Å². The van der Waals surface area contributed by atoms with E-state index in [0.717, 1.165) is 21.4 Å². The molecular formula is C17H17N3O3. The van der Waals surface area contributed by atoms with Crippen LogP contribution >= 0.6 is 0 Å². The number of hydrogen-bond donors (Lipinski definition) is 2. The first-order chi connectivity index (χ1) is 11.0. The molecule has 0 aliphatic carbocycles. The Kier molecular flexibility index (Phi) is 3.65. The number of imidazole rings is 1. The maximum Gasteiger partial charge on any atom is 0.333 e. The van der Waals surface area contributed by atoms with Gasteiger partial charge in [0.1, 0.15) is 5.75 Å². The van der Waals surface area contributed by atoms with Crippen LogP contribution in [0.15, 0.2) is 41.3 Å². The van der Waals surface area contributed by atoms with Crippen LogP contribution in [0.1, 0.15) is 16.8 Å². The quantitative estimate of drug-likeness (QED) is 0.779. The van der Waals surface area contributed by atoms with E-state index in [1.807, 2.05) is 32.0 Å². The second-order valence-corrected chi connectivity index (χ2v) is 5.37. The molecule has 0 unspecified atom stereocenters. The molecule has 0 atom stereocenters. The second-order valence-electron chi connectivity index (χ2n) is 5.37. The average molecular weight is 311 g/mol. The van der Waals surface area contributed by atoms with E-state index in [1.54, 1.807) is 19.1 Å². The Morgan fingerprint density at radius 3 is 2.57 bits per heavy atom. The highest BCUT2D eigenvalue weighted by Gasteiger charge is 2.12. The van der Waals surface area contributed by atoms with Crippen molar-refractivity contribution in [1.29, 1.82) is 0 Å². The van der Waals surface area contributed by atoms with Crippen LogP contribution in [0, 0.1) is 20.8 Å². The maximum absolute atomic E-state index is 11.8. The minimum absolute atomic E-state index is 0.125. The molecule has 23 heavy (non-hydrogen) atoms. The lowest BCUT2D eigenvalue weighted by Gasteiger charge is -2.10. The Bertz CT molecular complexity index is 908. The molecule has 0 spiro atoms. The van der Waals surface area contributed by atoms with Gasteiger partial charge in [0.05, 0.1) is 17.6 Å². The van der Waals surface area contributed by atoms with Crippen molar-refractivity contribution in [2.24, 2.45) is 0 Å². The van der Waals surface area contributed by atoms with Crippen LogP contribution in [0.2, 0.25) is 0 Å². The first kappa shape index (κ1) is 14.9. The molecule has 3 rings (SSSR count). The maximum atomic E-state index is 11.8. The summed E-state index contributed by atoms with van der Waals surface area (Å²) in [5, 5.41) is 9.92. The van der Waals surface area contributed by atoms with Crippen molar-refractivity contribution in [3.05, 3.63) is 63.8 Å². The SMILES string of the molecule is Cc1cccc(Oc2ccc(-n3c(O)c(C)[nH]c3=O)cn2)c1C. The molecule has 118 valence electrons. The van der Waals surface area contributed by atoms with Gasteiger partial charge in [0.2, 0.25) is 11.8 Å². The number of aryl methyl sites for hydroxylation is 2. The molecule has 6 heteroatoms. The number of rotatable bonds is 3. The van der Waals surface area contributed by atoms with Crippen LogP contribution in [0.4, 0.5) is 0 Å². The number of H-pyrrole nitrogens is 1. The lowest BCUT2D eigenvalue weighted by Crippen LogP contribution is -2.14. The van der Waals surface area contributed by atoms with Crippen LogP contribution in [0.5, 0.6) is 17.5 Å². The Balaban J connectivity index is 1.91. The average Bonchev–Trinajstić information content (AvgIpc) is 2.78. The lowest BCUT2D eigenvalue weighted by molar-refractivity contribution is 0.435. The van der Waals surface area contributed by atoms with E-state index in [9.17, 15) is 9.90 Å². The summed E-state index contributed by atoms with van der Waals surface area (Å²) in [6, 6.07) is 9.14. The number of aromatic nitrogens is 3. The molecule has 2 heterocycles. The summed E-state index contributed by atoms with van der Waals surface area (Å²) in [5.41, 5.74) is 2.65. The molecule has 0 amide bonds. The fourth-order valence-electron chi connectivity index (χ4n) is 2.29. The van der Waals surface area contributed by atoms with Gasteiger partial charge in [-0.3, -0.25) is 0 Å². The highest BCUT2D eigenvalue weighted by Crippen LogP contribution is 2.26. The number of benzene rings is 1. The molecule has 1 aromatic carbocycles. The zero-order valence-electron chi connectivity index (χ0n) is 13.1. The molecule has 0 fully saturated rings. The van der Waals surface area contributed by atoms with Crippen LogP contribution in [-0.4, -0.2) is 19.6 Å². The standard InChI is InChI=1S/C17H17N3O3/c1-10-5-4-6-14(11(10)2)23-15-8-7-13(9-18-15)20-16(21)12(3)19-17(20)22/h4-9,21H,1-3H3,(H,19,22). The summed E-state index contributed by atoms with van der Waals surface area (Å²) < 4.78 is 6.93. The van der Waals surface area contributed by atoms with Crippen molar-refractivity contribution >= 4 is 0 Å². The Labute approximate surface area is 133 Å². The van der Waals surface area contributed by atoms with E-state index in [1.165, 1.54) is 6.20 Å². The minimum Gasteiger partial charge on any atom is -0.493 e. The summed E-state index contributed by atoms with van der Waals surface area (Å²) in [6.07, 6.45) is 1.48. The predicted molar refractivity (Wildman–Crippen MR) is 86.6 cm³/mol. The third-order valence-corrected chi connectivity index (χ3v) is 3.79. The molecule has 2 N–H and O–H groups in total. The minimum atomic E-state index is -0.412. The molecule has 0 bridgehead atoms. The van der Waals surface area contributed by atoms with Crippen LogP contribution in [0.25, 0.3) is 5.69 Å². The predicted octanol–water partition coefficient (Wildman–Crippen LogP) is 2.98.